The van der Waals surface area contributed by atoms with Gasteiger partial charge < -0.3 is 15.0 Å². The lowest BCUT2D eigenvalue weighted by Crippen LogP contribution is -2.54. The van der Waals surface area contributed by atoms with Crippen LogP contribution in [0.4, 0.5) is 18.9 Å². The average Bonchev–Trinajstić information content (AvgIpc) is 3.59. The molecule has 2 aromatic rings. The molecule has 0 radical (unpaired) electrons. The summed E-state index contributed by atoms with van der Waals surface area (Å²) in [6.07, 6.45) is -0.186. The number of halogens is 3. The number of amidine groups is 1. The molecule has 3 aliphatic heterocycles. The van der Waals surface area contributed by atoms with Crippen molar-refractivity contribution in [3.05, 3.63) is 59.2 Å². The summed E-state index contributed by atoms with van der Waals surface area (Å²) in [4.78, 5) is 43.2. The van der Waals surface area contributed by atoms with E-state index in [4.69, 9.17) is 9.73 Å². The highest BCUT2D eigenvalue weighted by atomic mass is 32.2. The van der Waals surface area contributed by atoms with Gasteiger partial charge >= 0.3 is 5.51 Å². The molecule has 188 valence electrons. The maximum atomic E-state index is 12.6. The molecule has 12 heteroatoms. The Morgan fingerprint density at radius 1 is 1.22 bits per heavy atom. The largest absolute Gasteiger partial charge is 0.446 e. The van der Waals surface area contributed by atoms with Crippen LogP contribution < -0.4 is 10.6 Å². The number of nitrogens with one attached hydrogen (secondary N) is 2. The second kappa shape index (κ2) is 9.25. The van der Waals surface area contributed by atoms with Crippen molar-refractivity contribution >= 4 is 41.0 Å². The Hall–Kier alpha value is -3.38. The standard InChI is InChI=1S/C24H21F3N4O4S/c1-12-29-16-4-2-3-14(11-28-21(33)13-5-7-15(8-6-13)36-24(25,26)27)19(16)20-23(35-20)31(12)17-9-10-18(32)30-22(17)34/h2-8,17,20,23H,9-11H2,1H3,(H,28,33)(H,30,32,34). The highest BCUT2D eigenvalue weighted by molar-refractivity contribution is 8.00. The van der Waals surface area contributed by atoms with E-state index in [1.54, 1.807) is 17.9 Å². The fourth-order valence-electron chi connectivity index (χ4n) is 4.56. The van der Waals surface area contributed by atoms with Gasteiger partial charge in [-0.15, -0.1) is 0 Å². The van der Waals surface area contributed by atoms with Crippen LogP contribution in [0.2, 0.25) is 0 Å². The van der Waals surface area contributed by atoms with Gasteiger partial charge in [-0.05, 0) is 61.0 Å². The summed E-state index contributed by atoms with van der Waals surface area (Å²) >= 11 is -0.239. The predicted octanol–water partition coefficient (Wildman–Crippen LogP) is 3.80. The lowest BCUT2D eigenvalue weighted by molar-refractivity contribution is -0.136. The van der Waals surface area contributed by atoms with Crippen molar-refractivity contribution < 1.29 is 32.3 Å². The molecule has 0 spiro atoms. The molecule has 0 aromatic heterocycles. The number of benzene rings is 2. The zero-order chi connectivity index (χ0) is 25.6. The van der Waals surface area contributed by atoms with Gasteiger partial charge in [0.2, 0.25) is 11.8 Å². The topological polar surface area (TPSA) is 103 Å². The van der Waals surface area contributed by atoms with Gasteiger partial charge in [-0.2, -0.15) is 13.2 Å². The third-order valence-electron chi connectivity index (χ3n) is 6.19. The number of alkyl halides is 3. The molecule has 3 aliphatic rings. The molecule has 3 unspecified atom stereocenters. The summed E-state index contributed by atoms with van der Waals surface area (Å²) in [7, 11) is 0. The Bertz CT molecular complexity index is 1260. The molecule has 3 heterocycles. The van der Waals surface area contributed by atoms with E-state index in [2.05, 4.69) is 10.6 Å². The molecule has 5 rings (SSSR count). The van der Waals surface area contributed by atoms with Gasteiger partial charge in [-0.1, -0.05) is 12.1 Å². The second-order valence-corrected chi connectivity index (χ2v) is 9.72. The Kier molecular flexibility index (Phi) is 6.25. The van der Waals surface area contributed by atoms with Crippen LogP contribution in [-0.4, -0.2) is 46.2 Å². The minimum Gasteiger partial charge on any atom is -0.348 e. The quantitative estimate of drug-likeness (QED) is 0.355. The van der Waals surface area contributed by atoms with Gasteiger partial charge in [0.05, 0.1) is 5.69 Å². The third kappa shape index (κ3) is 4.96. The number of amides is 3. The zero-order valence-corrected chi connectivity index (χ0v) is 19.8. The highest BCUT2D eigenvalue weighted by Gasteiger charge is 2.52. The molecular formula is C24H21F3N4O4S. The lowest BCUT2D eigenvalue weighted by atomic mass is 10.0. The van der Waals surface area contributed by atoms with Crippen molar-refractivity contribution in [1.82, 2.24) is 15.5 Å². The number of aliphatic imine (C=N–C) groups is 1. The number of piperidine rings is 1. The number of hydrogen-bond acceptors (Lipinski definition) is 7. The van der Waals surface area contributed by atoms with Crippen LogP contribution >= 0.6 is 11.8 Å². The van der Waals surface area contributed by atoms with Gasteiger partial charge in [0.25, 0.3) is 5.91 Å². The summed E-state index contributed by atoms with van der Waals surface area (Å²) in [5.74, 6) is -0.520. The van der Waals surface area contributed by atoms with E-state index in [9.17, 15) is 27.6 Å². The van der Waals surface area contributed by atoms with Crippen LogP contribution in [-0.2, 0) is 20.9 Å². The van der Waals surface area contributed by atoms with Crippen LogP contribution in [0.1, 0.15) is 47.4 Å². The molecule has 36 heavy (non-hydrogen) atoms. The summed E-state index contributed by atoms with van der Waals surface area (Å²) in [5.41, 5.74) is -1.92. The fraction of sp³-hybridized carbons (Fsp3) is 0.333. The smallest absolute Gasteiger partial charge is 0.348 e. The Morgan fingerprint density at radius 2 is 1.97 bits per heavy atom. The number of carbonyl (C=O) groups is 3. The maximum Gasteiger partial charge on any atom is 0.446 e. The van der Waals surface area contributed by atoms with Crippen molar-refractivity contribution in [3.63, 3.8) is 0 Å². The number of rotatable bonds is 5. The molecule has 8 nitrogen and oxygen atoms in total. The zero-order valence-electron chi connectivity index (χ0n) is 19.0. The van der Waals surface area contributed by atoms with Gasteiger partial charge in [0, 0.05) is 29.0 Å². The SMILES string of the molecule is CC1=Nc2cccc(CNC(=O)c3ccc(SC(F)(F)F)cc3)c2C2OC2N1C1CCC(=O)NC1=O. The van der Waals surface area contributed by atoms with Crippen molar-refractivity contribution in [2.45, 2.75) is 55.1 Å². The fourth-order valence-corrected chi connectivity index (χ4v) is 5.10. The number of hydrogen-bond donors (Lipinski definition) is 2. The first-order valence-corrected chi connectivity index (χ1v) is 12.0. The Morgan fingerprint density at radius 3 is 2.67 bits per heavy atom. The number of imide groups is 1. The van der Waals surface area contributed by atoms with Crippen molar-refractivity contribution in [2.24, 2.45) is 4.99 Å². The first kappa shape index (κ1) is 24.3. The summed E-state index contributed by atoms with van der Waals surface area (Å²) < 4.78 is 43.5. The highest BCUT2D eigenvalue weighted by Crippen LogP contribution is 2.49. The van der Waals surface area contributed by atoms with Crippen LogP contribution in [0.3, 0.4) is 0 Å². The van der Waals surface area contributed by atoms with Crippen molar-refractivity contribution in [3.8, 4) is 0 Å². The molecule has 2 saturated heterocycles. The number of carbonyl (C=O) groups excluding carboxylic acids is 3. The third-order valence-corrected chi connectivity index (χ3v) is 6.93. The molecule has 0 saturated carbocycles. The van der Waals surface area contributed by atoms with Gasteiger partial charge in [-0.25, -0.2) is 4.99 Å². The van der Waals surface area contributed by atoms with E-state index in [-0.39, 0.29) is 53.1 Å². The lowest BCUT2D eigenvalue weighted by Gasteiger charge is -2.32. The number of thioether (sulfide) groups is 1. The van der Waals surface area contributed by atoms with E-state index in [0.29, 0.717) is 17.9 Å². The summed E-state index contributed by atoms with van der Waals surface area (Å²) in [6.45, 7) is 1.94. The number of epoxide rings is 1. The molecule has 2 aromatic carbocycles. The van der Waals surface area contributed by atoms with Crippen molar-refractivity contribution in [2.75, 3.05) is 0 Å². The minimum absolute atomic E-state index is 0.00171. The number of ether oxygens (including phenoxy) is 1. The van der Waals surface area contributed by atoms with Gasteiger partial charge in [-0.3, -0.25) is 19.7 Å². The first-order chi connectivity index (χ1) is 17.1. The average molecular weight is 519 g/mol. The van der Waals surface area contributed by atoms with Crippen LogP contribution in [0.25, 0.3) is 0 Å². The van der Waals surface area contributed by atoms with Gasteiger partial charge in [0.15, 0.2) is 6.23 Å². The molecule has 2 fully saturated rings. The first-order valence-electron chi connectivity index (χ1n) is 11.2. The molecular weight excluding hydrogens is 497 g/mol. The van der Waals surface area contributed by atoms with Crippen LogP contribution in [0.15, 0.2) is 52.4 Å². The van der Waals surface area contributed by atoms with E-state index in [1.165, 1.54) is 24.3 Å². The summed E-state index contributed by atoms with van der Waals surface area (Å²) in [6, 6.07) is 10.1. The number of nitrogens with zero attached hydrogens (tertiary/aromatic N) is 2. The molecule has 3 atom stereocenters. The van der Waals surface area contributed by atoms with Crippen LogP contribution in [0, 0.1) is 0 Å². The molecule has 0 bridgehead atoms. The number of fused-ring (bicyclic) bond motifs is 3. The Labute approximate surface area is 208 Å². The summed E-state index contributed by atoms with van der Waals surface area (Å²) in [5, 5.41) is 5.17. The van der Waals surface area contributed by atoms with E-state index < -0.39 is 23.7 Å². The van der Waals surface area contributed by atoms with E-state index in [0.717, 1.165) is 11.1 Å². The molecule has 3 amide bonds. The predicted molar refractivity (Wildman–Crippen MR) is 124 cm³/mol. The van der Waals surface area contributed by atoms with E-state index in [1.807, 2.05) is 12.1 Å². The Balaban J connectivity index is 1.30. The van der Waals surface area contributed by atoms with Gasteiger partial charge in [0.1, 0.15) is 18.0 Å². The monoisotopic (exact) mass is 518 g/mol. The minimum atomic E-state index is -4.40. The van der Waals surface area contributed by atoms with E-state index >= 15 is 0 Å². The maximum absolute atomic E-state index is 12.6. The normalized spacial score (nSPS) is 23.2. The second-order valence-electron chi connectivity index (χ2n) is 8.59. The molecule has 0 aliphatic carbocycles. The molecule has 2 N–H and O–H groups in total. The van der Waals surface area contributed by atoms with Crippen molar-refractivity contribution in [1.29, 1.82) is 0 Å². The van der Waals surface area contributed by atoms with Crippen LogP contribution in [0.5, 0.6) is 0 Å².